The SMILES string of the molecule is CCc1nc2ccccc2n1CC(=O)NC1CC2(CCN(C)CC2)Oc2ccccc21. The zero-order chi connectivity index (χ0) is 21.4. The highest BCUT2D eigenvalue weighted by atomic mass is 16.5. The lowest BCUT2D eigenvalue weighted by atomic mass is 9.80. The predicted octanol–water partition coefficient (Wildman–Crippen LogP) is 3.70. The van der Waals surface area contributed by atoms with Gasteiger partial charge in [0.1, 0.15) is 23.7 Å². The number of benzene rings is 2. The van der Waals surface area contributed by atoms with Gasteiger partial charge in [-0.3, -0.25) is 4.79 Å². The van der Waals surface area contributed by atoms with Gasteiger partial charge in [-0.2, -0.15) is 0 Å². The molecule has 0 radical (unpaired) electrons. The quantitative estimate of drug-likeness (QED) is 0.702. The van der Waals surface area contributed by atoms with E-state index >= 15 is 0 Å². The van der Waals surface area contributed by atoms with E-state index in [4.69, 9.17) is 9.72 Å². The Morgan fingerprint density at radius 1 is 1.16 bits per heavy atom. The van der Waals surface area contributed by atoms with Crippen molar-refractivity contribution in [1.82, 2.24) is 19.8 Å². The molecule has 6 nitrogen and oxygen atoms in total. The van der Waals surface area contributed by atoms with Crippen LogP contribution in [0, 0.1) is 0 Å². The van der Waals surface area contributed by atoms with Gasteiger partial charge in [0, 0.05) is 31.5 Å². The number of imidazole rings is 1. The minimum atomic E-state index is -0.199. The molecule has 0 saturated carbocycles. The number of carbonyl (C=O) groups excluding carboxylic acids is 1. The summed E-state index contributed by atoms with van der Waals surface area (Å²) in [6, 6.07) is 16.1. The Kier molecular flexibility index (Phi) is 5.18. The Morgan fingerprint density at radius 2 is 1.90 bits per heavy atom. The summed E-state index contributed by atoms with van der Waals surface area (Å²) in [5.41, 5.74) is 2.82. The van der Waals surface area contributed by atoms with Gasteiger partial charge in [0.15, 0.2) is 0 Å². The summed E-state index contributed by atoms with van der Waals surface area (Å²) < 4.78 is 8.57. The van der Waals surface area contributed by atoms with Crippen LogP contribution in [0.25, 0.3) is 11.0 Å². The number of likely N-dealkylation sites (tertiary alicyclic amines) is 1. The molecule has 0 bridgehead atoms. The first-order valence-electron chi connectivity index (χ1n) is 11.3. The second-order valence-corrected chi connectivity index (χ2v) is 8.91. The smallest absolute Gasteiger partial charge is 0.240 e. The topological polar surface area (TPSA) is 59.4 Å². The van der Waals surface area contributed by atoms with Gasteiger partial charge in [0.05, 0.1) is 17.1 Å². The lowest BCUT2D eigenvalue weighted by Crippen LogP contribution is -2.51. The molecule has 0 aliphatic carbocycles. The van der Waals surface area contributed by atoms with E-state index in [0.717, 1.165) is 66.9 Å². The van der Waals surface area contributed by atoms with Gasteiger partial charge in [-0.25, -0.2) is 4.98 Å². The molecule has 1 atom stereocenters. The molecule has 31 heavy (non-hydrogen) atoms. The molecule has 5 rings (SSSR count). The van der Waals surface area contributed by atoms with Crippen molar-refractivity contribution in [2.75, 3.05) is 20.1 Å². The fourth-order valence-electron chi connectivity index (χ4n) is 5.03. The van der Waals surface area contributed by atoms with Gasteiger partial charge in [-0.1, -0.05) is 37.3 Å². The number of amides is 1. The van der Waals surface area contributed by atoms with Gasteiger partial charge in [0.2, 0.25) is 5.91 Å². The summed E-state index contributed by atoms with van der Waals surface area (Å²) in [5, 5.41) is 3.33. The van der Waals surface area contributed by atoms with Crippen molar-refractivity contribution in [1.29, 1.82) is 0 Å². The van der Waals surface area contributed by atoms with Crippen LogP contribution in [-0.2, 0) is 17.8 Å². The number of carbonyl (C=O) groups is 1. The van der Waals surface area contributed by atoms with Crippen LogP contribution in [0.15, 0.2) is 48.5 Å². The number of para-hydroxylation sites is 3. The Balaban J connectivity index is 1.39. The first-order chi connectivity index (χ1) is 15.1. The number of fused-ring (bicyclic) bond motifs is 2. The van der Waals surface area contributed by atoms with Crippen molar-refractivity contribution < 1.29 is 9.53 Å². The van der Waals surface area contributed by atoms with Crippen molar-refractivity contribution in [2.45, 2.75) is 50.8 Å². The number of ether oxygens (including phenoxy) is 1. The van der Waals surface area contributed by atoms with Gasteiger partial charge >= 0.3 is 0 Å². The Hall–Kier alpha value is -2.86. The number of aryl methyl sites for hydroxylation is 1. The minimum absolute atomic E-state index is 0.0163. The maximum absolute atomic E-state index is 13.2. The first-order valence-corrected chi connectivity index (χ1v) is 11.3. The number of piperidine rings is 1. The molecule has 1 aromatic heterocycles. The fraction of sp³-hybridized carbons (Fsp3) is 0.440. The molecular weight excluding hydrogens is 388 g/mol. The molecule has 1 amide bonds. The maximum Gasteiger partial charge on any atom is 0.240 e. The van der Waals surface area contributed by atoms with Crippen LogP contribution in [0.3, 0.4) is 0 Å². The maximum atomic E-state index is 13.2. The van der Waals surface area contributed by atoms with Crippen molar-refractivity contribution in [3.8, 4) is 5.75 Å². The molecule has 2 aliphatic rings. The molecule has 6 heteroatoms. The molecule has 3 aromatic rings. The third-order valence-electron chi connectivity index (χ3n) is 6.78. The van der Waals surface area contributed by atoms with Gasteiger partial charge in [0.25, 0.3) is 0 Å². The predicted molar refractivity (Wildman–Crippen MR) is 121 cm³/mol. The van der Waals surface area contributed by atoms with Crippen LogP contribution in [0.4, 0.5) is 0 Å². The summed E-state index contributed by atoms with van der Waals surface area (Å²) in [5.74, 6) is 1.86. The summed E-state index contributed by atoms with van der Waals surface area (Å²) in [6.45, 7) is 4.39. The normalized spacial score (nSPS) is 20.4. The summed E-state index contributed by atoms with van der Waals surface area (Å²) in [6.07, 6.45) is 3.57. The minimum Gasteiger partial charge on any atom is -0.487 e. The van der Waals surface area contributed by atoms with E-state index in [0.29, 0.717) is 0 Å². The van der Waals surface area contributed by atoms with Crippen molar-refractivity contribution in [2.24, 2.45) is 0 Å². The second-order valence-electron chi connectivity index (χ2n) is 8.91. The van der Waals surface area contributed by atoms with Crippen LogP contribution in [-0.4, -0.2) is 46.1 Å². The third-order valence-corrected chi connectivity index (χ3v) is 6.78. The number of nitrogens with zero attached hydrogens (tertiary/aromatic N) is 3. The van der Waals surface area contributed by atoms with Crippen LogP contribution in [0.2, 0.25) is 0 Å². The lowest BCUT2D eigenvalue weighted by molar-refractivity contribution is -0.123. The van der Waals surface area contributed by atoms with E-state index in [9.17, 15) is 4.79 Å². The molecule has 1 spiro atoms. The van der Waals surface area contributed by atoms with E-state index < -0.39 is 0 Å². The fourth-order valence-corrected chi connectivity index (χ4v) is 5.03. The van der Waals surface area contributed by atoms with Crippen LogP contribution in [0.1, 0.15) is 43.6 Å². The Labute approximate surface area is 183 Å². The Bertz CT molecular complexity index is 1100. The van der Waals surface area contributed by atoms with E-state index in [1.807, 2.05) is 47.0 Å². The molecule has 3 heterocycles. The number of rotatable bonds is 4. The molecule has 2 aliphatic heterocycles. The zero-order valence-corrected chi connectivity index (χ0v) is 18.3. The summed E-state index contributed by atoms with van der Waals surface area (Å²) >= 11 is 0. The number of hydrogen-bond acceptors (Lipinski definition) is 4. The van der Waals surface area contributed by atoms with Gasteiger partial charge in [-0.15, -0.1) is 0 Å². The summed E-state index contributed by atoms with van der Waals surface area (Å²) in [4.78, 5) is 20.3. The lowest BCUT2D eigenvalue weighted by Gasteiger charge is -2.46. The number of nitrogens with one attached hydrogen (secondary N) is 1. The number of aromatic nitrogens is 2. The monoisotopic (exact) mass is 418 g/mol. The van der Waals surface area contributed by atoms with Crippen molar-refractivity contribution in [3.63, 3.8) is 0 Å². The molecule has 162 valence electrons. The molecular formula is C25H30N4O2. The van der Waals surface area contributed by atoms with E-state index in [-0.39, 0.29) is 24.1 Å². The van der Waals surface area contributed by atoms with Gasteiger partial charge < -0.3 is 19.5 Å². The van der Waals surface area contributed by atoms with Crippen molar-refractivity contribution in [3.05, 3.63) is 59.9 Å². The standard InChI is InChI=1S/C25H30N4O2/c1-3-23-26-19-9-5-6-10-21(19)29(23)17-24(30)27-20-16-25(12-14-28(2)15-13-25)31-22-11-7-4-8-18(20)22/h4-11,20H,3,12-17H2,1-2H3,(H,27,30). The highest BCUT2D eigenvalue weighted by Crippen LogP contribution is 2.44. The highest BCUT2D eigenvalue weighted by molar-refractivity contribution is 5.81. The Morgan fingerprint density at radius 3 is 2.71 bits per heavy atom. The average Bonchev–Trinajstić information content (AvgIpc) is 3.13. The molecule has 1 fully saturated rings. The molecule has 1 unspecified atom stereocenters. The third kappa shape index (κ3) is 3.81. The van der Waals surface area contributed by atoms with E-state index in [2.05, 4.69) is 30.3 Å². The van der Waals surface area contributed by atoms with Crippen LogP contribution >= 0.6 is 0 Å². The summed E-state index contributed by atoms with van der Waals surface area (Å²) in [7, 11) is 2.16. The average molecular weight is 419 g/mol. The number of hydrogen-bond donors (Lipinski definition) is 1. The molecule has 2 aromatic carbocycles. The largest absolute Gasteiger partial charge is 0.487 e. The molecule has 1 saturated heterocycles. The van der Waals surface area contributed by atoms with Crippen LogP contribution < -0.4 is 10.1 Å². The highest BCUT2D eigenvalue weighted by Gasteiger charge is 2.43. The van der Waals surface area contributed by atoms with E-state index in [1.165, 1.54) is 0 Å². The second kappa shape index (κ2) is 8.00. The van der Waals surface area contributed by atoms with Gasteiger partial charge in [-0.05, 0) is 38.1 Å². The zero-order valence-electron chi connectivity index (χ0n) is 18.3. The van der Waals surface area contributed by atoms with Crippen LogP contribution in [0.5, 0.6) is 5.75 Å². The van der Waals surface area contributed by atoms with E-state index in [1.54, 1.807) is 0 Å². The molecule has 1 N–H and O–H groups in total. The van der Waals surface area contributed by atoms with Crippen molar-refractivity contribution >= 4 is 16.9 Å². The first kappa shape index (κ1) is 20.1.